The number of unbranched alkanes of at least 4 members (excludes halogenated alkanes) is 1. The topological polar surface area (TPSA) is 26.0 Å². The minimum absolute atomic E-state index is 0.638. The van der Waals surface area contributed by atoms with Gasteiger partial charge in [0.1, 0.15) is 8.24 Å². The van der Waals surface area contributed by atoms with Gasteiger partial charge in [-0.25, -0.2) is 0 Å². The molecule has 1 aliphatic rings. The van der Waals surface area contributed by atoms with Crippen LogP contribution in [0.1, 0.15) is 19.8 Å². The van der Waals surface area contributed by atoms with Gasteiger partial charge in [-0.1, -0.05) is 50.6 Å². The van der Waals surface area contributed by atoms with Gasteiger partial charge >= 0.3 is 0 Å². The predicted molar refractivity (Wildman–Crippen MR) is 62.1 cm³/mol. The lowest BCUT2D eigenvalue weighted by Gasteiger charge is -2.23. The first-order chi connectivity index (χ1) is 6.14. The highest BCUT2D eigenvalue weighted by Crippen LogP contribution is 2.23. The zero-order chi connectivity index (χ0) is 9.73. The molecule has 0 saturated carbocycles. The largest absolute Gasteiger partial charge is 0.351 e. The summed E-state index contributed by atoms with van der Waals surface area (Å²) < 4.78 is 0. The maximum Gasteiger partial charge on any atom is 0.120 e. The summed E-state index contributed by atoms with van der Waals surface area (Å²) in [5, 5.41) is 6.35. The molecule has 0 amide bonds. The Morgan fingerprint density at radius 3 is 2.46 bits per heavy atom. The van der Waals surface area contributed by atoms with Crippen molar-refractivity contribution in [2.75, 3.05) is 0 Å². The van der Waals surface area contributed by atoms with E-state index in [0.29, 0.717) is 5.92 Å². The van der Waals surface area contributed by atoms with Crippen LogP contribution < -0.4 is 5.40 Å². The molecule has 0 fully saturated rings. The molecule has 0 aromatic rings. The molecule has 13 heavy (non-hydrogen) atoms. The van der Waals surface area contributed by atoms with E-state index in [2.05, 4.69) is 37.8 Å². The molecule has 74 valence electrons. The molecule has 2 heteroatoms. The van der Waals surface area contributed by atoms with Crippen molar-refractivity contribution in [3.63, 3.8) is 0 Å². The average Bonchev–Trinajstić information content (AvgIpc) is 2.52. The van der Waals surface area contributed by atoms with E-state index in [1.165, 1.54) is 24.9 Å². The van der Waals surface area contributed by atoms with Crippen molar-refractivity contribution in [1.29, 1.82) is 0 Å². The molecular formula is C11H21NSi. The minimum atomic E-state index is -1.39. The van der Waals surface area contributed by atoms with Crippen LogP contribution in [0, 0.1) is 5.92 Å². The lowest BCUT2D eigenvalue weighted by Crippen LogP contribution is -2.43. The summed E-state index contributed by atoms with van der Waals surface area (Å²) in [6.07, 6.45) is 11.4. The summed E-state index contributed by atoms with van der Waals surface area (Å²) in [6, 6.07) is 2.50. The van der Waals surface area contributed by atoms with E-state index in [0.717, 1.165) is 0 Å². The lowest BCUT2D eigenvalue weighted by molar-refractivity contribution is 0.837. The van der Waals surface area contributed by atoms with Crippen LogP contribution in [-0.4, -0.2) is 8.24 Å². The second kappa shape index (κ2) is 4.77. The van der Waals surface area contributed by atoms with Crippen LogP contribution >= 0.6 is 0 Å². The average molecular weight is 195 g/mol. The SMILES string of the molecule is CCCC[Si](C)(N)CC1C=CC=C1. The van der Waals surface area contributed by atoms with Gasteiger partial charge in [-0.05, 0) is 18.0 Å². The molecular weight excluding hydrogens is 174 g/mol. The van der Waals surface area contributed by atoms with Gasteiger partial charge < -0.3 is 5.40 Å². The fourth-order valence-electron chi connectivity index (χ4n) is 1.84. The molecule has 1 nitrogen and oxygen atoms in total. The molecule has 2 N–H and O–H groups in total. The highest BCUT2D eigenvalue weighted by molar-refractivity contribution is 6.75. The van der Waals surface area contributed by atoms with E-state index in [9.17, 15) is 0 Å². The van der Waals surface area contributed by atoms with E-state index in [4.69, 9.17) is 5.40 Å². The third kappa shape index (κ3) is 3.92. The van der Waals surface area contributed by atoms with E-state index < -0.39 is 8.24 Å². The van der Waals surface area contributed by atoms with Crippen molar-refractivity contribution in [2.45, 2.75) is 38.4 Å². The summed E-state index contributed by atoms with van der Waals surface area (Å²) in [7, 11) is -1.39. The first-order valence-electron chi connectivity index (χ1n) is 5.28. The van der Waals surface area contributed by atoms with Gasteiger partial charge in [0.05, 0.1) is 0 Å². The molecule has 0 aromatic heterocycles. The van der Waals surface area contributed by atoms with Crippen LogP contribution in [0.4, 0.5) is 0 Å². The fraction of sp³-hybridized carbons (Fsp3) is 0.636. The molecule has 0 aromatic carbocycles. The van der Waals surface area contributed by atoms with Gasteiger partial charge in [-0.15, -0.1) is 0 Å². The Morgan fingerprint density at radius 1 is 1.31 bits per heavy atom. The van der Waals surface area contributed by atoms with E-state index in [-0.39, 0.29) is 0 Å². The van der Waals surface area contributed by atoms with Crippen LogP contribution in [0.2, 0.25) is 18.6 Å². The zero-order valence-corrected chi connectivity index (χ0v) is 9.79. The molecule has 1 unspecified atom stereocenters. The fourth-order valence-corrected chi connectivity index (χ4v) is 4.55. The summed E-state index contributed by atoms with van der Waals surface area (Å²) in [4.78, 5) is 0. The van der Waals surface area contributed by atoms with Gasteiger partial charge in [0.2, 0.25) is 0 Å². The molecule has 1 rings (SSSR count). The Labute approximate surface area is 82.8 Å². The minimum Gasteiger partial charge on any atom is -0.351 e. The quantitative estimate of drug-likeness (QED) is 0.670. The standard InChI is InChI=1S/C11H21NSi/c1-3-4-9-13(2,12)10-11-7-5-6-8-11/h5-8,11H,3-4,9-10,12H2,1-2H3. The number of hydrogen-bond donors (Lipinski definition) is 1. The highest BCUT2D eigenvalue weighted by Gasteiger charge is 2.24. The Morgan fingerprint density at radius 2 is 1.92 bits per heavy atom. The Hall–Kier alpha value is -0.343. The Balaban J connectivity index is 2.32. The van der Waals surface area contributed by atoms with Crippen molar-refractivity contribution >= 4 is 8.24 Å². The normalized spacial score (nSPS) is 20.8. The van der Waals surface area contributed by atoms with Gasteiger partial charge in [0.15, 0.2) is 0 Å². The number of allylic oxidation sites excluding steroid dienone is 4. The number of hydrogen-bond acceptors (Lipinski definition) is 1. The first kappa shape index (κ1) is 10.7. The molecule has 0 aliphatic heterocycles. The van der Waals surface area contributed by atoms with Gasteiger partial charge in [0.25, 0.3) is 0 Å². The maximum atomic E-state index is 6.35. The summed E-state index contributed by atoms with van der Waals surface area (Å²) in [5.41, 5.74) is 0. The van der Waals surface area contributed by atoms with Crippen molar-refractivity contribution in [2.24, 2.45) is 11.3 Å². The molecule has 0 spiro atoms. The highest BCUT2D eigenvalue weighted by atomic mass is 28.3. The van der Waals surface area contributed by atoms with Gasteiger partial charge in [-0.2, -0.15) is 0 Å². The Bertz CT molecular complexity index is 194. The third-order valence-electron chi connectivity index (χ3n) is 2.63. The maximum absolute atomic E-state index is 6.35. The van der Waals surface area contributed by atoms with Crippen molar-refractivity contribution in [1.82, 2.24) is 0 Å². The second-order valence-corrected chi connectivity index (χ2v) is 8.61. The van der Waals surface area contributed by atoms with Gasteiger partial charge in [-0.3, -0.25) is 0 Å². The summed E-state index contributed by atoms with van der Waals surface area (Å²) >= 11 is 0. The van der Waals surface area contributed by atoms with Crippen molar-refractivity contribution in [3.05, 3.63) is 24.3 Å². The second-order valence-electron chi connectivity index (χ2n) is 4.40. The van der Waals surface area contributed by atoms with Crippen LogP contribution in [0.25, 0.3) is 0 Å². The van der Waals surface area contributed by atoms with E-state index >= 15 is 0 Å². The number of nitrogens with two attached hydrogens (primary N) is 1. The van der Waals surface area contributed by atoms with E-state index in [1.54, 1.807) is 0 Å². The Kier molecular flexibility index (Phi) is 3.94. The van der Waals surface area contributed by atoms with Gasteiger partial charge in [0, 0.05) is 0 Å². The molecule has 0 radical (unpaired) electrons. The molecule has 1 atom stereocenters. The van der Waals surface area contributed by atoms with Crippen LogP contribution in [-0.2, 0) is 0 Å². The van der Waals surface area contributed by atoms with E-state index in [1.807, 2.05) is 0 Å². The van der Waals surface area contributed by atoms with Crippen molar-refractivity contribution in [3.8, 4) is 0 Å². The summed E-state index contributed by atoms with van der Waals surface area (Å²) in [5.74, 6) is 0.638. The number of rotatable bonds is 5. The summed E-state index contributed by atoms with van der Waals surface area (Å²) in [6.45, 7) is 4.54. The van der Waals surface area contributed by atoms with Crippen LogP contribution in [0.15, 0.2) is 24.3 Å². The van der Waals surface area contributed by atoms with Crippen LogP contribution in [0.5, 0.6) is 0 Å². The van der Waals surface area contributed by atoms with Crippen LogP contribution in [0.3, 0.4) is 0 Å². The molecule has 1 aliphatic carbocycles. The zero-order valence-electron chi connectivity index (χ0n) is 8.79. The predicted octanol–water partition coefficient (Wildman–Crippen LogP) is 3.06. The molecule has 0 heterocycles. The molecule has 0 bridgehead atoms. The molecule has 0 saturated heterocycles. The monoisotopic (exact) mass is 195 g/mol. The lowest BCUT2D eigenvalue weighted by atomic mass is 10.2. The smallest absolute Gasteiger partial charge is 0.120 e. The first-order valence-corrected chi connectivity index (χ1v) is 8.27. The van der Waals surface area contributed by atoms with Crippen molar-refractivity contribution < 1.29 is 0 Å². The third-order valence-corrected chi connectivity index (χ3v) is 5.53.